The zero-order valence-electron chi connectivity index (χ0n) is 15.5. The van der Waals surface area contributed by atoms with Crippen LogP contribution in [-0.4, -0.2) is 60.9 Å². The second kappa shape index (κ2) is 8.30. The van der Waals surface area contributed by atoms with Crippen molar-refractivity contribution in [2.45, 2.75) is 26.2 Å². The number of rotatable bonds is 6. The van der Waals surface area contributed by atoms with Crippen LogP contribution in [-0.2, 0) is 15.0 Å². The van der Waals surface area contributed by atoms with Gasteiger partial charge in [0.15, 0.2) is 0 Å². The molecule has 1 saturated heterocycles. The number of carbonyl (C=O) groups excluding carboxylic acids is 2. The van der Waals surface area contributed by atoms with Gasteiger partial charge >= 0.3 is 0 Å². The molecule has 2 rings (SSSR count). The molecule has 1 aromatic carbocycles. The second-order valence-electron chi connectivity index (χ2n) is 7.10. The Labute approximate surface area is 150 Å². The standard InChI is InChI=1S/C20H29N3O2/c1-5-10-21-18(24)15-22-11-13-23(14-12-22)19(25)20(3,4)17-9-7-6-8-16(17)2/h5-9H,1,10-15H2,2-4H3,(H,21,24). The van der Waals surface area contributed by atoms with Gasteiger partial charge in [0.1, 0.15) is 0 Å². The van der Waals surface area contributed by atoms with Crippen molar-refractivity contribution in [1.82, 2.24) is 15.1 Å². The lowest BCUT2D eigenvalue weighted by Gasteiger charge is -2.39. The molecule has 0 bridgehead atoms. The number of nitrogens with zero attached hydrogens (tertiary/aromatic N) is 2. The van der Waals surface area contributed by atoms with E-state index in [-0.39, 0.29) is 11.8 Å². The van der Waals surface area contributed by atoms with Gasteiger partial charge in [-0.3, -0.25) is 14.5 Å². The number of piperazine rings is 1. The summed E-state index contributed by atoms with van der Waals surface area (Å²) < 4.78 is 0. The van der Waals surface area contributed by atoms with E-state index >= 15 is 0 Å². The molecule has 0 unspecified atom stereocenters. The molecule has 136 valence electrons. The van der Waals surface area contributed by atoms with E-state index in [0.29, 0.717) is 26.2 Å². The topological polar surface area (TPSA) is 52.7 Å². The Morgan fingerprint density at radius 1 is 1.20 bits per heavy atom. The molecule has 0 aromatic heterocycles. The lowest BCUT2D eigenvalue weighted by Crippen LogP contribution is -2.54. The molecule has 1 heterocycles. The largest absolute Gasteiger partial charge is 0.352 e. The van der Waals surface area contributed by atoms with E-state index in [9.17, 15) is 9.59 Å². The van der Waals surface area contributed by atoms with Crippen LogP contribution in [0.25, 0.3) is 0 Å². The van der Waals surface area contributed by atoms with Crippen molar-refractivity contribution in [2.24, 2.45) is 0 Å². The average Bonchev–Trinajstić information content (AvgIpc) is 2.60. The SMILES string of the molecule is C=CCNC(=O)CN1CCN(C(=O)C(C)(C)c2ccccc2C)CC1. The minimum absolute atomic E-state index is 0.0000771. The predicted octanol–water partition coefficient (Wildman–Crippen LogP) is 1.72. The van der Waals surface area contributed by atoms with E-state index in [4.69, 9.17) is 0 Å². The fourth-order valence-corrected chi connectivity index (χ4v) is 3.34. The van der Waals surface area contributed by atoms with Crippen LogP contribution in [0.1, 0.15) is 25.0 Å². The van der Waals surface area contributed by atoms with Gasteiger partial charge in [-0.1, -0.05) is 30.3 Å². The van der Waals surface area contributed by atoms with E-state index in [1.165, 1.54) is 0 Å². The van der Waals surface area contributed by atoms with Gasteiger partial charge in [0, 0.05) is 32.7 Å². The fraction of sp³-hybridized carbons (Fsp3) is 0.500. The molecule has 1 fully saturated rings. The first-order valence-corrected chi connectivity index (χ1v) is 8.81. The summed E-state index contributed by atoms with van der Waals surface area (Å²) in [4.78, 5) is 28.9. The van der Waals surface area contributed by atoms with Crippen LogP contribution in [0.3, 0.4) is 0 Å². The molecule has 5 nitrogen and oxygen atoms in total. The molecule has 1 aliphatic rings. The molecular weight excluding hydrogens is 314 g/mol. The monoisotopic (exact) mass is 343 g/mol. The first kappa shape index (κ1) is 19.2. The molecule has 2 amide bonds. The summed E-state index contributed by atoms with van der Waals surface area (Å²) in [5, 5.41) is 2.79. The highest BCUT2D eigenvalue weighted by molar-refractivity contribution is 5.88. The normalized spacial score (nSPS) is 15.7. The highest BCUT2D eigenvalue weighted by Crippen LogP contribution is 2.28. The van der Waals surface area contributed by atoms with Gasteiger partial charge in [0.25, 0.3) is 0 Å². The van der Waals surface area contributed by atoms with E-state index in [1.807, 2.05) is 49.9 Å². The van der Waals surface area contributed by atoms with Crippen LogP contribution in [0.2, 0.25) is 0 Å². The van der Waals surface area contributed by atoms with Crippen molar-refractivity contribution in [1.29, 1.82) is 0 Å². The molecule has 1 aromatic rings. The third-order valence-corrected chi connectivity index (χ3v) is 4.82. The van der Waals surface area contributed by atoms with E-state index in [0.717, 1.165) is 24.2 Å². The van der Waals surface area contributed by atoms with Crippen molar-refractivity contribution in [3.05, 3.63) is 48.0 Å². The lowest BCUT2D eigenvalue weighted by molar-refractivity contribution is -0.138. The number of carbonyl (C=O) groups is 2. The first-order valence-electron chi connectivity index (χ1n) is 8.81. The summed E-state index contributed by atoms with van der Waals surface area (Å²) in [6, 6.07) is 8.06. The highest BCUT2D eigenvalue weighted by atomic mass is 16.2. The molecule has 0 aliphatic carbocycles. The number of nitrogens with one attached hydrogen (secondary N) is 1. The van der Waals surface area contributed by atoms with Crippen molar-refractivity contribution in [3.63, 3.8) is 0 Å². The van der Waals surface area contributed by atoms with Crippen LogP contribution in [0.15, 0.2) is 36.9 Å². The summed E-state index contributed by atoms with van der Waals surface area (Å²) in [6.45, 7) is 13.2. The number of hydrogen-bond donors (Lipinski definition) is 1. The van der Waals surface area contributed by atoms with Gasteiger partial charge < -0.3 is 10.2 Å². The Morgan fingerprint density at radius 3 is 2.44 bits per heavy atom. The Hall–Kier alpha value is -2.14. The van der Waals surface area contributed by atoms with Gasteiger partial charge in [-0.05, 0) is 31.9 Å². The van der Waals surface area contributed by atoms with Gasteiger partial charge in [-0.2, -0.15) is 0 Å². The summed E-state index contributed by atoms with van der Waals surface area (Å²) in [5.41, 5.74) is 1.67. The van der Waals surface area contributed by atoms with E-state index in [1.54, 1.807) is 6.08 Å². The van der Waals surface area contributed by atoms with Crippen LogP contribution >= 0.6 is 0 Å². The summed E-state index contributed by atoms with van der Waals surface area (Å²) in [5.74, 6) is 0.150. The van der Waals surface area contributed by atoms with Crippen molar-refractivity contribution in [3.8, 4) is 0 Å². The Morgan fingerprint density at radius 2 is 1.84 bits per heavy atom. The Bertz CT molecular complexity index is 632. The highest BCUT2D eigenvalue weighted by Gasteiger charge is 2.36. The van der Waals surface area contributed by atoms with Gasteiger partial charge in [-0.25, -0.2) is 0 Å². The molecule has 5 heteroatoms. The summed E-state index contributed by atoms with van der Waals surface area (Å²) >= 11 is 0. The first-order chi connectivity index (χ1) is 11.9. The summed E-state index contributed by atoms with van der Waals surface area (Å²) in [6.07, 6.45) is 1.67. The van der Waals surface area contributed by atoms with Crippen molar-refractivity contribution >= 4 is 11.8 Å². The van der Waals surface area contributed by atoms with Gasteiger partial charge in [0.2, 0.25) is 11.8 Å². The summed E-state index contributed by atoms with van der Waals surface area (Å²) in [7, 11) is 0. The zero-order chi connectivity index (χ0) is 18.4. The minimum atomic E-state index is -0.547. The third kappa shape index (κ3) is 4.69. The molecule has 1 aliphatic heterocycles. The molecule has 0 saturated carbocycles. The minimum Gasteiger partial charge on any atom is -0.352 e. The third-order valence-electron chi connectivity index (χ3n) is 4.82. The maximum atomic E-state index is 13.1. The number of amides is 2. The maximum absolute atomic E-state index is 13.1. The fourth-order valence-electron chi connectivity index (χ4n) is 3.34. The number of aryl methyl sites for hydroxylation is 1. The van der Waals surface area contributed by atoms with Crippen LogP contribution in [0.4, 0.5) is 0 Å². The van der Waals surface area contributed by atoms with Crippen LogP contribution in [0, 0.1) is 6.92 Å². The van der Waals surface area contributed by atoms with Crippen molar-refractivity contribution in [2.75, 3.05) is 39.3 Å². The van der Waals surface area contributed by atoms with Crippen LogP contribution < -0.4 is 5.32 Å². The predicted molar refractivity (Wildman–Crippen MR) is 100 cm³/mol. The number of benzene rings is 1. The lowest BCUT2D eigenvalue weighted by atomic mass is 9.80. The average molecular weight is 343 g/mol. The molecule has 1 N–H and O–H groups in total. The zero-order valence-corrected chi connectivity index (χ0v) is 15.5. The smallest absolute Gasteiger partial charge is 0.234 e. The second-order valence-corrected chi connectivity index (χ2v) is 7.10. The van der Waals surface area contributed by atoms with Crippen LogP contribution in [0.5, 0.6) is 0 Å². The molecule has 25 heavy (non-hydrogen) atoms. The van der Waals surface area contributed by atoms with Gasteiger partial charge in [0.05, 0.1) is 12.0 Å². The molecule has 0 spiro atoms. The Kier molecular flexibility index (Phi) is 6.37. The number of hydrogen-bond acceptors (Lipinski definition) is 3. The van der Waals surface area contributed by atoms with E-state index < -0.39 is 5.41 Å². The quantitative estimate of drug-likeness (QED) is 0.800. The van der Waals surface area contributed by atoms with Crippen molar-refractivity contribution < 1.29 is 9.59 Å². The molecular formula is C20H29N3O2. The molecule has 0 radical (unpaired) electrons. The van der Waals surface area contributed by atoms with Gasteiger partial charge in [-0.15, -0.1) is 6.58 Å². The van der Waals surface area contributed by atoms with E-state index in [2.05, 4.69) is 16.8 Å². The Balaban J connectivity index is 1.93. The molecule has 0 atom stereocenters. The maximum Gasteiger partial charge on any atom is 0.234 e.